The lowest BCUT2D eigenvalue weighted by Crippen LogP contribution is -2.47. The summed E-state index contributed by atoms with van der Waals surface area (Å²) in [7, 11) is 1.43. The van der Waals surface area contributed by atoms with Gasteiger partial charge in [0.2, 0.25) is 0 Å². The monoisotopic (exact) mass is 326 g/mol. The van der Waals surface area contributed by atoms with E-state index in [-0.39, 0.29) is 17.9 Å². The van der Waals surface area contributed by atoms with Crippen LogP contribution in [0.3, 0.4) is 0 Å². The van der Waals surface area contributed by atoms with Gasteiger partial charge in [0.1, 0.15) is 0 Å². The summed E-state index contributed by atoms with van der Waals surface area (Å²) in [6.45, 7) is 1.68. The highest BCUT2D eigenvalue weighted by Crippen LogP contribution is 2.26. The third kappa shape index (κ3) is 3.94. The number of piperidine rings is 1. The Morgan fingerprint density at radius 3 is 2.74 bits per heavy atom. The van der Waals surface area contributed by atoms with Gasteiger partial charge < -0.3 is 15.4 Å². The average molecular weight is 327 g/mol. The summed E-state index contributed by atoms with van der Waals surface area (Å²) in [5, 5.41) is 0. The first-order valence-corrected chi connectivity index (χ1v) is 7.20. The first-order valence-electron chi connectivity index (χ1n) is 6.41. The van der Waals surface area contributed by atoms with Gasteiger partial charge in [-0.1, -0.05) is 15.9 Å². The predicted octanol–water partition coefficient (Wildman–Crippen LogP) is 2.17. The van der Waals surface area contributed by atoms with Gasteiger partial charge in [-0.25, -0.2) is 0 Å². The van der Waals surface area contributed by atoms with E-state index in [1.807, 2.05) is 12.1 Å². The molecule has 1 aromatic rings. The molecule has 19 heavy (non-hydrogen) atoms. The molecule has 2 unspecified atom stereocenters. The Hall–Kier alpha value is -1.07. The number of rotatable bonds is 3. The zero-order chi connectivity index (χ0) is 13.8. The van der Waals surface area contributed by atoms with Crippen LogP contribution in [0.5, 0.6) is 0 Å². The topological polar surface area (TPSA) is 55.6 Å². The van der Waals surface area contributed by atoms with Crippen LogP contribution >= 0.6 is 15.9 Å². The fourth-order valence-electron chi connectivity index (χ4n) is 2.58. The van der Waals surface area contributed by atoms with E-state index in [2.05, 4.69) is 33.0 Å². The second kappa shape index (κ2) is 6.39. The summed E-state index contributed by atoms with van der Waals surface area (Å²) < 4.78 is 5.80. The number of ether oxygens (including phenoxy) is 1. The Bertz CT molecular complexity index is 436. The van der Waals surface area contributed by atoms with Gasteiger partial charge in [0.05, 0.1) is 13.5 Å². The number of nitrogens with zero attached hydrogens (tertiary/aromatic N) is 1. The second-order valence-electron chi connectivity index (χ2n) is 5.02. The molecule has 0 aromatic heterocycles. The number of carbonyl (C=O) groups excluding carboxylic acids is 1. The molecule has 0 amide bonds. The van der Waals surface area contributed by atoms with E-state index < -0.39 is 0 Å². The predicted molar refractivity (Wildman–Crippen MR) is 79.1 cm³/mol. The van der Waals surface area contributed by atoms with Crippen LogP contribution in [0.15, 0.2) is 28.7 Å². The summed E-state index contributed by atoms with van der Waals surface area (Å²) in [4.78, 5) is 13.6. The second-order valence-corrected chi connectivity index (χ2v) is 5.94. The third-order valence-electron chi connectivity index (χ3n) is 3.44. The van der Waals surface area contributed by atoms with Crippen molar-refractivity contribution in [2.24, 2.45) is 11.7 Å². The molecule has 1 aliphatic heterocycles. The normalized spacial score (nSPS) is 23.2. The highest BCUT2D eigenvalue weighted by atomic mass is 79.9. The Kier molecular flexibility index (Phi) is 4.82. The molecule has 0 spiro atoms. The lowest BCUT2D eigenvalue weighted by Gasteiger charge is -2.37. The first kappa shape index (κ1) is 14.3. The molecule has 2 rings (SSSR count). The number of benzene rings is 1. The van der Waals surface area contributed by atoms with Gasteiger partial charge in [-0.2, -0.15) is 0 Å². The molecular formula is C14H19BrN2O2. The van der Waals surface area contributed by atoms with E-state index in [4.69, 9.17) is 10.5 Å². The summed E-state index contributed by atoms with van der Waals surface area (Å²) in [6.07, 6.45) is 1.32. The number of halogens is 1. The molecule has 1 aromatic carbocycles. The molecule has 0 bridgehead atoms. The molecule has 5 heteroatoms. The molecular weight excluding hydrogens is 308 g/mol. The zero-order valence-corrected chi connectivity index (χ0v) is 12.6. The van der Waals surface area contributed by atoms with E-state index >= 15 is 0 Å². The highest BCUT2D eigenvalue weighted by Gasteiger charge is 2.27. The maximum atomic E-state index is 11.4. The van der Waals surface area contributed by atoms with Crippen LogP contribution in [0, 0.1) is 5.92 Å². The van der Waals surface area contributed by atoms with Crippen molar-refractivity contribution in [3.8, 4) is 0 Å². The van der Waals surface area contributed by atoms with Gasteiger partial charge in [0, 0.05) is 29.3 Å². The SMILES string of the molecule is COC(=O)CC1CC(N)CN(c2ccc(Br)cc2)C1. The van der Waals surface area contributed by atoms with Gasteiger partial charge in [-0.05, 0) is 36.6 Å². The summed E-state index contributed by atoms with van der Waals surface area (Å²) >= 11 is 3.43. The van der Waals surface area contributed by atoms with Crippen molar-refractivity contribution >= 4 is 27.6 Å². The largest absolute Gasteiger partial charge is 0.469 e. The van der Waals surface area contributed by atoms with Crippen LogP contribution < -0.4 is 10.6 Å². The van der Waals surface area contributed by atoms with Gasteiger partial charge in [0.25, 0.3) is 0 Å². The third-order valence-corrected chi connectivity index (χ3v) is 3.97. The molecule has 104 valence electrons. The quantitative estimate of drug-likeness (QED) is 0.865. The van der Waals surface area contributed by atoms with Crippen molar-refractivity contribution in [3.63, 3.8) is 0 Å². The molecule has 0 aliphatic carbocycles. The van der Waals surface area contributed by atoms with Crippen molar-refractivity contribution in [1.82, 2.24) is 0 Å². The van der Waals surface area contributed by atoms with Crippen LogP contribution in [0.2, 0.25) is 0 Å². The van der Waals surface area contributed by atoms with Crippen molar-refractivity contribution in [2.75, 3.05) is 25.1 Å². The van der Waals surface area contributed by atoms with E-state index in [0.717, 1.165) is 29.7 Å². The Labute approximate surface area is 122 Å². The van der Waals surface area contributed by atoms with Crippen molar-refractivity contribution in [1.29, 1.82) is 0 Å². The zero-order valence-electron chi connectivity index (χ0n) is 11.0. The minimum absolute atomic E-state index is 0.104. The Balaban J connectivity index is 2.05. The summed E-state index contributed by atoms with van der Waals surface area (Å²) in [6, 6.07) is 8.27. The van der Waals surface area contributed by atoms with E-state index in [1.54, 1.807) is 0 Å². The van der Waals surface area contributed by atoms with Gasteiger partial charge >= 0.3 is 5.97 Å². The van der Waals surface area contributed by atoms with Crippen molar-refractivity contribution in [3.05, 3.63) is 28.7 Å². The van der Waals surface area contributed by atoms with Crippen molar-refractivity contribution in [2.45, 2.75) is 18.9 Å². The Morgan fingerprint density at radius 2 is 2.11 bits per heavy atom. The standard InChI is InChI=1S/C14H19BrN2O2/c1-19-14(18)7-10-6-12(16)9-17(8-10)13-4-2-11(15)3-5-13/h2-5,10,12H,6-9,16H2,1H3. The number of anilines is 1. The molecule has 1 fully saturated rings. The first-order chi connectivity index (χ1) is 9.08. The van der Waals surface area contributed by atoms with E-state index in [9.17, 15) is 4.79 Å². The fraction of sp³-hybridized carbons (Fsp3) is 0.500. The van der Waals surface area contributed by atoms with Gasteiger partial charge in [-0.15, -0.1) is 0 Å². The van der Waals surface area contributed by atoms with Crippen LogP contribution in [0.4, 0.5) is 5.69 Å². The molecule has 0 saturated carbocycles. The average Bonchev–Trinajstić information content (AvgIpc) is 2.38. The molecule has 0 radical (unpaired) electrons. The number of nitrogens with two attached hydrogens (primary N) is 1. The van der Waals surface area contributed by atoms with Gasteiger partial charge in [-0.3, -0.25) is 4.79 Å². The molecule has 2 atom stereocenters. The number of hydrogen-bond acceptors (Lipinski definition) is 4. The Morgan fingerprint density at radius 1 is 1.42 bits per heavy atom. The highest BCUT2D eigenvalue weighted by molar-refractivity contribution is 9.10. The summed E-state index contributed by atoms with van der Waals surface area (Å²) in [5.41, 5.74) is 7.24. The maximum absolute atomic E-state index is 11.4. The van der Waals surface area contributed by atoms with Crippen LogP contribution in [-0.4, -0.2) is 32.2 Å². The smallest absolute Gasteiger partial charge is 0.305 e. The maximum Gasteiger partial charge on any atom is 0.305 e. The lowest BCUT2D eigenvalue weighted by atomic mass is 9.91. The molecule has 1 saturated heterocycles. The number of esters is 1. The van der Waals surface area contributed by atoms with Crippen molar-refractivity contribution < 1.29 is 9.53 Å². The van der Waals surface area contributed by atoms with Crippen LogP contribution in [-0.2, 0) is 9.53 Å². The van der Waals surface area contributed by atoms with Crippen LogP contribution in [0.25, 0.3) is 0 Å². The molecule has 1 aliphatic rings. The number of hydrogen-bond donors (Lipinski definition) is 1. The van der Waals surface area contributed by atoms with E-state index in [0.29, 0.717) is 6.42 Å². The van der Waals surface area contributed by atoms with Crippen LogP contribution in [0.1, 0.15) is 12.8 Å². The molecule has 2 N–H and O–H groups in total. The lowest BCUT2D eigenvalue weighted by molar-refractivity contribution is -0.141. The molecule has 4 nitrogen and oxygen atoms in total. The number of methoxy groups -OCH3 is 1. The van der Waals surface area contributed by atoms with E-state index in [1.165, 1.54) is 7.11 Å². The minimum atomic E-state index is -0.158. The minimum Gasteiger partial charge on any atom is -0.469 e. The number of carbonyl (C=O) groups is 1. The summed E-state index contributed by atoms with van der Waals surface area (Å²) in [5.74, 6) is 0.106. The fourth-order valence-corrected chi connectivity index (χ4v) is 2.84. The van der Waals surface area contributed by atoms with Gasteiger partial charge in [0.15, 0.2) is 0 Å². The molecule has 1 heterocycles.